The first-order valence-corrected chi connectivity index (χ1v) is 9.42. The number of nitrogens with zero attached hydrogens (tertiary/aromatic N) is 1. The number of carbonyl (C=O) groups excluding carboxylic acids is 1. The molecule has 138 valence electrons. The Morgan fingerprint density at radius 3 is 2.32 bits per heavy atom. The fourth-order valence-corrected chi connectivity index (χ4v) is 5.27. The molecular formula is C20H29ClN2O2. The molecule has 1 amide bonds. The average Bonchev–Trinajstić information content (AvgIpc) is 3.23. The van der Waals surface area contributed by atoms with E-state index in [0.29, 0.717) is 11.8 Å². The van der Waals surface area contributed by atoms with E-state index in [1.807, 2.05) is 35.2 Å². The largest absolute Gasteiger partial charge is 0.388 e. The fraction of sp³-hybridized carbons (Fsp3) is 0.650. The van der Waals surface area contributed by atoms with Gasteiger partial charge in [-0.05, 0) is 55.4 Å². The molecule has 4 nitrogen and oxygen atoms in total. The molecule has 0 spiro atoms. The van der Waals surface area contributed by atoms with E-state index in [9.17, 15) is 9.90 Å². The van der Waals surface area contributed by atoms with E-state index in [1.54, 1.807) is 0 Å². The number of amides is 1. The molecule has 1 aromatic rings. The zero-order chi connectivity index (χ0) is 16.7. The van der Waals surface area contributed by atoms with Gasteiger partial charge in [0.05, 0.1) is 12.0 Å². The first-order valence-electron chi connectivity index (χ1n) is 9.42. The molecule has 3 fully saturated rings. The van der Waals surface area contributed by atoms with Gasteiger partial charge in [-0.2, -0.15) is 0 Å². The van der Waals surface area contributed by atoms with Crippen LogP contribution in [0.15, 0.2) is 30.3 Å². The Morgan fingerprint density at radius 2 is 1.72 bits per heavy atom. The molecule has 25 heavy (non-hydrogen) atoms. The Hall–Kier alpha value is -1.10. The van der Waals surface area contributed by atoms with E-state index in [0.717, 1.165) is 37.9 Å². The van der Waals surface area contributed by atoms with E-state index in [2.05, 4.69) is 0 Å². The smallest absolute Gasteiger partial charge is 0.227 e. The van der Waals surface area contributed by atoms with E-state index in [1.165, 1.54) is 12.8 Å². The fourth-order valence-electron chi connectivity index (χ4n) is 5.27. The summed E-state index contributed by atoms with van der Waals surface area (Å²) < 4.78 is 0. The molecule has 4 rings (SSSR count). The lowest BCUT2D eigenvalue weighted by molar-refractivity contribution is -0.139. The van der Waals surface area contributed by atoms with Gasteiger partial charge < -0.3 is 15.7 Å². The molecule has 5 unspecified atom stereocenters. The second kappa shape index (κ2) is 7.65. The maximum atomic E-state index is 12.9. The number of aliphatic hydroxyl groups excluding tert-OH is 1. The third-order valence-corrected chi connectivity index (χ3v) is 6.70. The minimum Gasteiger partial charge on any atom is -0.388 e. The normalized spacial score (nSPS) is 33.1. The number of rotatable bonds is 3. The maximum absolute atomic E-state index is 12.9. The van der Waals surface area contributed by atoms with Crippen molar-refractivity contribution in [3.05, 3.63) is 35.9 Å². The molecule has 2 saturated carbocycles. The van der Waals surface area contributed by atoms with Gasteiger partial charge in [0.2, 0.25) is 5.91 Å². The molecule has 3 N–H and O–H groups in total. The summed E-state index contributed by atoms with van der Waals surface area (Å²) in [5.74, 6) is 1.67. The van der Waals surface area contributed by atoms with Gasteiger partial charge >= 0.3 is 0 Å². The van der Waals surface area contributed by atoms with Crippen molar-refractivity contribution in [2.24, 2.45) is 29.4 Å². The second-order valence-corrected chi connectivity index (χ2v) is 7.95. The Kier molecular flexibility index (Phi) is 5.71. The summed E-state index contributed by atoms with van der Waals surface area (Å²) in [6.07, 6.45) is 4.86. The van der Waals surface area contributed by atoms with Gasteiger partial charge in [-0.25, -0.2) is 0 Å². The molecule has 5 heteroatoms. The van der Waals surface area contributed by atoms with E-state index in [-0.39, 0.29) is 36.2 Å². The van der Waals surface area contributed by atoms with Crippen LogP contribution in [-0.2, 0) is 4.79 Å². The van der Waals surface area contributed by atoms with Crippen LogP contribution in [0.1, 0.15) is 43.8 Å². The third-order valence-electron chi connectivity index (χ3n) is 6.70. The molecule has 1 heterocycles. The SMILES string of the molecule is Cl.NC1C2CCC(C2)C1C(=O)N1CCC(C(O)c2ccccc2)CC1. The van der Waals surface area contributed by atoms with Crippen molar-refractivity contribution in [1.29, 1.82) is 0 Å². The van der Waals surface area contributed by atoms with Gasteiger partial charge in [-0.3, -0.25) is 4.79 Å². The Balaban J connectivity index is 0.00000182. The molecule has 0 radical (unpaired) electrons. The summed E-state index contributed by atoms with van der Waals surface area (Å²) in [5, 5.41) is 10.6. The Bertz CT molecular complexity index is 587. The van der Waals surface area contributed by atoms with E-state index >= 15 is 0 Å². The number of hydrogen-bond donors (Lipinski definition) is 2. The van der Waals surface area contributed by atoms with Crippen molar-refractivity contribution < 1.29 is 9.90 Å². The molecule has 2 bridgehead atoms. The van der Waals surface area contributed by atoms with Crippen molar-refractivity contribution in [2.45, 2.75) is 44.2 Å². The number of aliphatic hydroxyl groups is 1. The standard InChI is InChI=1S/C20H28N2O2.ClH/c21-18-16-7-6-15(12-16)17(18)20(24)22-10-8-14(9-11-22)19(23)13-4-2-1-3-5-13;/h1-5,14-19,23H,6-12,21H2;1H. The Morgan fingerprint density at radius 1 is 1.08 bits per heavy atom. The number of halogens is 1. The number of likely N-dealkylation sites (tertiary alicyclic amines) is 1. The molecular weight excluding hydrogens is 336 g/mol. The van der Waals surface area contributed by atoms with Crippen LogP contribution in [0.3, 0.4) is 0 Å². The van der Waals surface area contributed by atoms with Crippen molar-refractivity contribution in [3.63, 3.8) is 0 Å². The molecule has 3 aliphatic rings. The van der Waals surface area contributed by atoms with Crippen molar-refractivity contribution in [3.8, 4) is 0 Å². The first-order chi connectivity index (χ1) is 11.6. The summed E-state index contributed by atoms with van der Waals surface area (Å²) in [7, 11) is 0. The van der Waals surface area contributed by atoms with Gasteiger partial charge in [0.25, 0.3) is 0 Å². The number of benzene rings is 1. The van der Waals surface area contributed by atoms with E-state index < -0.39 is 6.10 Å². The molecule has 5 atom stereocenters. The van der Waals surface area contributed by atoms with E-state index in [4.69, 9.17) is 5.73 Å². The Labute approximate surface area is 156 Å². The van der Waals surface area contributed by atoms with Crippen LogP contribution in [0.5, 0.6) is 0 Å². The van der Waals surface area contributed by atoms with Gasteiger partial charge in [0.1, 0.15) is 0 Å². The minimum atomic E-state index is -0.423. The molecule has 1 aromatic carbocycles. The van der Waals surface area contributed by atoms with Gasteiger partial charge in [-0.15, -0.1) is 12.4 Å². The zero-order valence-electron chi connectivity index (χ0n) is 14.6. The highest BCUT2D eigenvalue weighted by Crippen LogP contribution is 2.48. The molecule has 1 saturated heterocycles. The highest BCUT2D eigenvalue weighted by Gasteiger charge is 2.50. The lowest BCUT2D eigenvalue weighted by atomic mass is 9.82. The maximum Gasteiger partial charge on any atom is 0.227 e. The van der Waals surface area contributed by atoms with Gasteiger partial charge in [0, 0.05) is 19.1 Å². The summed E-state index contributed by atoms with van der Waals surface area (Å²) in [5.41, 5.74) is 7.32. The highest BCUT2D eigenvalue weighted by molar-refractivity contribution is 5.85. The number of piperidine rings is 1. The second-order valence-electron chi connectivity index (χ2n) is 7.95. The molecule has 0 aromatic heterocycles. The summed E-state index contributed by atoms with van der Waals surface area (Å²) in [6.45, 7) is 1.52. The zero-order valence-corrected chi connectivity index (χ0v) is 15.4. The summed E-state index contributed by atoms with van der Waals surface area (Å²) >= 11 is 0. The number of carbonyl (C=O) groups is 1. The predicted octanol–water partition coefficient (Wildman–Crippen LogP) is 2.75. The highest BCUT2D eigenvalue weighted by atomic mass is 35.5. The molecule has 2 aliphatic carbocycles. The van der Waals surface area contributed by atoms with Gasteiger partial charge in [-0.1, -0.05) is 30.3 Å². The monoisotopic (exact) mass is 364 g/mol. The molecule has 1 aliphatic heterocycles. The third kappa shape index (κ3) is 3.44. The number of fused-ring (bicyclic) bond motifs is 2. The van der Waals surface area contributed by atoms with Crippen LogP contribution in [0, 0.1) is 23.7 Å². The topological polar surface area (TPSA) is 66.6 Å². The van der Waals surface area contributed by atoms with Crippen molar-refractivity contribution in [2.75, 3.05) is 13.1 Å². The summed E-state index contributed by atoms with van der Waals surface area (Å²) in [4.78, 5) is 14.9. The van der Waals surface area contributed by atoms with Crippen LogP contribution in [-0.4, -0.2) is 35.0 Å². The van der Waals surface area contributed by atoms with Crippen LogP contribution >= 0.6 is 12.4 Å². The quantitative estimate of drug-likeness (QED) is 0.866. The predicted molar refractivity (Wildman–Crippen MR) is 100 cm³/mol. The van der Waals surface area contributed by atoms with Crippen LogP contribution in [0.4, 0.5) is 0 Å². The van der Waals surface area contributed by atoms with Crippen LogP contribution in [0.25, 0.3) is 0 Å². The van der Waals surface area contributed by atoms with Crippen molar-refractivity contribution in [1.82, 2.24) is 4.90 Å². The number of nitrogens with two attached hydrogens (primary N) is 1. The van der Waals surface area contributed by atoms with Gasteiger partial charge in [0.15, 0.2) is 0 Å². The summed E-state index contributed by atoms with van der Waals surface area (Å²) in [6, 6.07) is 9.94. The van der Waals surface area contributed by atoms with Crippen LogP contribution < -0.4 is 5.73 Å². The first kappa shape index (κ1) is 18.7. The minimum absolute atomic E-state index is 0. The van der Waals surface area contributed by atoms with Crippen molar-refractivity contribution >= 4 is 18.3 Å². The number of hydrogen-bond acceptors (Lipinski definition) is 3. The lowest BCUT2D eigenvalue weighted by Crippen LogP contribution is -2.49. The average molecular weight is 365 g/mol. The lowest BCUT2D eigenvalue weighted by Gasteiger charge is -2.38. The van der Waals surface area contributed by atoms with Crippen LogP contribution in [0.2, 0.25) is 0 Å².